The highest BCUT2D eigenvalue weighted by Crippen LogP contribution is 2.22. The standard InChI is InChI=1S/C12H18FN3/c1-14-9-10-5-6-15-12(11(10)13)16-7-3-2-4-8-16/h5-6,14H,2-4,7-9H2,1H3. The van der Waals surface area contributed by atoms with Crippen molar-refractivity contribution in [2.75, 3.05) is 25.0 Å². The summed E-state index contributed by atoms with van der Waals surface area (Å²) in [5.74, 6) is 0.353. The first-order chi connectivity index (χ1) is 7.83. The van der Waals surface area contributed by atoms with Gasteiger partial charge in [-0.05, 0) is 32.4 Å². The molecule has 2 rings (SSSR count). The third-order valence-electron chi connectivity index (χ3n) is 2.97. The lowest BCUT2D eigenvalue weighted by Gasteiger charge is -2.28. The highest BCUT2D eigenvalue weighted by molar-refractivity contribution is 5.43. The molecule has 1 fully saturated rings. The van der Waals surface area contributed by atoms with Crippen LogP contribution < -0.4 is 10.2 Å². The third-order valence-corrected chi connectivity index (χ3v) is 2.97. The van der Waals surface area contributed by atoms with Crippen LogP contribution in [-0.2, 0) is 6.54 Å². The lowest BCUT2D eigenvalue weighted by Crippen LogP contribution is -2.31. The topological polar surface area (TPSA) is 28.2 Å². The number of rotatable bonds is 3. The maximum absolute atomic E-state index is 14.1. The lowest BCUT2D eigenvalue weighted by molar-refractivity contribution is 0.542. The molecule has 0 amide bonds. The fourth-order valence-electron chi connectivity index (χ4n) is 2.12. The van der Waals surface area contributed by atoms with Gasteiger partial charge in [0.2, 0.25) is 0 Å². The van der Waals surface area contributed by atoms with E-state index in [9.17, 15) is 4.39 Å². The monoisotopic (exact) mass is 223 g/mol. The Balaban J connectivity index is 2.22. The Bertz CT molecular complexity index is 348. The summed E-state index contributed by atoms with van der Waals surface area (Å²) in [6, 6.07) is 1.74. The molecule has 0 saturated carbocycles. The number of nitrogens with zero attached hydrogens (tertiary/aromatic N) is 2. The lowest BCUT2D eigenvalue weighted by atomic mass is 10.1. The Kier molecular flexibility index (Phi) is 3.72. The molecule has 0 bridgehead atoms. The molecule has 0 spiro atoms. The molecule has 0 atom stereocenters. The van der Waals surface area contributed by atoms with E-state index in [1.807, 2.05) is 7.05 Å². The van der Waals surface area contributed by atoms with Crippen LogP contribution in [0.5, 0.6) is 0 Å². The van der Waals surface area contributed by atoms with Gasteiger partial charge in [0.15, 0.2) is 11.6 Å². The van der Waals surface area contributed by atoms with Gasteiger partial charge in [0.1, 0.15) is 0 Å². The second kappa shape index (κ2) is 5.25. The summed E-state index contributed by atoms with van der Waals surface area (Å²) in [4.78, 5) is 6.22. The predicted octanol–water partition coefficient (Wildman–Crippen LogP) is 1.93. The van der Waals surface area contributed by atoms with E-state index in [1.165, 1.54) is 6.42 Å². The van der Waals surface area contributed by atoms with Crippen LogP contribution in [0.25, 0.3) is 0 Å². The van der Waals surface area contributed by atoms with Gasteiger partial charge in [0.25, 0.3) is 0 Å². The highest BCUT2D eigenvalue weighted by atomic mass is 19.1. The first-order valence-corrected chi connectivity index (χ1v) is 5.86. The molecule has 0 radical (unpaired) electrons. The van der Waals surface area contributed by atoms with Gasteiger partial charge in [-0.2, -0.15) is 0 Å². The largest absolute Gasteiger partial charge is 0.354 e. The van der Waals surface area contributed by atoms with Crippen molar-refractivity contribution in [2.24, 2.45) is 0 Å². The van der Waals surface area contributed by atoms with E-state index >= 15 is 0 Å². The van der Waals surface area contributed by atoms with E-state index in [4.69, 9.17) is 0 Å². The molecule has 0 aromatic carbocycles. The molecule has 1 aliphatic heterocycles. The van der Waals surface area contributed by atoms with Gasteiger partial charge in [-0.3, -0.25) is 0 Å². The Labute approximate surface area is 95.7 Å². The summed E-state index contributed by atoms with van der Waals surface area (Å²) in [6.07, 6.45) is 5.21. The van der Waals surface area contributed by atoms with Gasteiger partial charge in [-0.15, -0.1) is 0 Å². The van der Waals surface area contributed by atoms with Crippen molar-refractivity contribution in [3.63, 3.8) is 0 Å². The van der Waals surface area contributed by atoms with Gasteiger partial charge < -0.3 is 10.2 Å². The summed E-state index contributed by atoms with van der Waals surface area (Å²) >= 11 is 0. The van der Waals surface area contributed by atoms with Crippen molar-refractivity contribution in [3.05, 3.63) is 23.6 Å². The second-order valence-corrected chi connectivity index (χ2v) is 4.19. The molecule has 2 heterocycles. The van der Waals surface area contributed by atoms with E-state index in [2.05, 4.69) is 15.2 Å². The minimum absolute atomic E-state index is 0.168. The number of hydrogen-bond donors (Lipinski definition) is 1. The number of hydrogen-bond acceptors (Lipinski definition) is 3. The van der Waals surface area contributed by atoms with Crippen LogP contribution in [0.3, 0.4) is 0 Å². The Hall–Kier alpha value is -1.16. The summed E-state index contributed by atoms with van der Waals surface area (Å²) in [5, 5.41) is 2.97. The number of pyridine rings is 1. The minimum Gasteiger partial charge on any atom is -0.354 e. The van der Waals surface area contributed by atoms with Crippen LogP contribution in [-0.4, -0.2) is 25.1 Å². The second-order valence-electron chi connectivity index (χ2n) is 4.19. The molecule has 16 heavy (non-hydrogen) atoms. The fourth-order valence-corrected chi connectivity index (χ4v) is 2.12. The predicted molar refractivity (Wildman–Crippen MR) is 63.0 cm³/mol. The minimum atomic E-state index is -0.168. The molecule has 88 valence electrons. The normalized spacial score (nSPS) is 16.5. The number of aromatic nitrogens is 1. The molecule has 1 aliphatic rings. The Morgan fingerprint density at radius 3 is 2.81 bits per heavy atom. The van der Waals surface area contributed by atoms with Crippen LogP contribution in [0.1, 0.15) is 24.8 Å². The molecule has 4 heteroatoms. The molecule has 0 aliphatic carbocycles. The smallest absolute Gasteiger partial charge is 0.170 e. The zero-order valence-electron chi connectivity index (χ0n) is 9.67. The van der Waals surface area contributed by atoms with E-state index in [1.54, 1.807) is 12.3 Å². The molecule has 1 aromatic rings. The van der Waals surface area contributed by atoms with Crippen LogP contribution in [0.2, 0.25) is 0 Å². The van der Waals surface area contributed by atoms with Gasteiger partial charge in [-0.1, -0.05) is 0 Å². The van der Waals surface area contributed by atoms with Gasteiger partial charge in [-0.25, -0.2) is 9.37 Å². The van der Waals surface area contributed by atoms with Crippen LogP contribution in [0, 0.1) is 5.82 Å². The van der Waals surface area contributed by atoms with Crippen molar-refractivity contribution in [2.45, 2.75) is 25.8 Å². The average molecular weight is 223 g/mol. The van der Waals surface area contributed by atoms with Crippen molar-refractivity contribution >= 4 is 5.82 Å². The Morgan fingerprint density at radius 2 is 2.12 bits per heavy atom. The summed E-state index contributed by atoms with van der Waals surface area (Å²) in [7, 11) is 1.82. The average Bonchev–Trinajstić information content (AvgIpc) is 2.33. The van der Waals surface area contributed by atoms with Crippen LogP contribution in [0.15, 0.2) is 12.3 Å². The summed E-state index contributed by atoms with van der Waals surface area (Å²) in [6.45, 7) is 2.40. The van der Waals surface area contributed by atoms with Gasteiger partial charge in [0.05, 0.1) is 0 Å². The first-order valence-electron chi connectivity index (χ1n) is 5.86. The highest BCUT2D eigenvalue weighted by Gasteiger charge is 2.17. The Morgan fingerprint density at radius 1 is 1.38 bits per heavy atom. The quantitative estimate of drug-likeness (QED) is 0.848. The third kappa shape index (κ3) is 2.32. The number of anilines is 1. The van der Waals surface area contributed by atoms with E-state index in [0.717, 1.165) is 25.9 Å². The zero-order valence-corrected chi connectivity index (χ0v) is 9.67. The molecule has 1 N–H and O–H groups in total. The van der Waals surface area contributed by atoms with Crippen LogP contribution >= 0.6 is 0 Å². The van der Waals surface area contributed by atoms with E-state index in [0.29, 0.717) is 17.9 Å². The van der Waals surface area contributed by atoms with Crippen molar-refractivity contribution < 1.29 is 4.39 Å². The first kappa shape index (κ1) is 11.3. The summed E-state index contributed by atoms with van der Waals surface area (Å²) in [5.41, 5.74) is 0.693. The van der Waals surface area contributed by atoms with E-state index < -0.39 is 0 Å². The number of nitrogens with one attached hydrogen (secondary N) is 1. The SMILES string of the molecule is CNCc1ccnc(N2CCCCC2)c1F. The molecule has 1 aromatic heterocycles. The van der Waals surface area contributed by atoms with Crippen molar-refractivity contribution in [3.8, 4) is 0 Å². The molecule has 1 saturated heterocycles. The molecule has 3 nitrogen and oxygen atoms in total. The van der Waals surface area contributed by atoms with Gasteiger partial charge in [0, 0.05) is 31.4 Å². The van der Waals surface area contributed by atoms with Gasteiger partial charge >= 0.3 is 0 Å². The van der Waals surface area contributed by atoms with Crippen LogP contribution in [0.4, 0.5) is 10.2 Å². The molecular formula is C12H18FN3. The van der Waals surface area contributed by atoms with Crippen molar-refractivity contribution in [1.29, 1.82) is 0 Å². The fraction of sp³-hybridized carbons (Fsp3) is 0.583. The van der Waals surface area contributed by atoms with E-state index in [-0.39, 0.29) is 5.82 Å². The zero-order chi connectivity index (χ0) is 11.4. The number of piperidine rings is 1. The summed E-state index contributed by atoms with van der Waals surface area (Å²) < 4.78 is 14.1. The maximum atomic E-state index is 14.1. The maximum Gasteiger partial charge on any atom is 0.170 e. The molecule has 0 unspecified atom stereocenters. The number of halogens is 1. The molecular weight excluding hydrogens is 205 g/mol. The van der Waals surface area contributed by atoms with Crippen molar-refractivity contribution in [1.82, 2.24) is 10.3 Å².